The van der Waals surface area contributed by atoms with E-state index in [1.807, 2.05) is 30.3 Å². The third-order valence-electron chi connectivity index (χ3n) is 2.78. The van der Waals surface area contributed by atoms with Crippen LogP contribution in [0.3, 0.4) is 0 Å². The van der Waals surface area contributed by atoms with Gasteiger partial charge in [0, 0.05) is 12.3 Å². The van der Waals surface area contributed by atoms with Crippen LogP contribution in [-0.4, -0.2) is 11.8 Å². The van der Waals surface area contributed by atoms with Crippen LogP contribution < -0.4 is 11.5 Å². The van der Waals surface area contributed by atoms with Gasteiger partial charge in [-0.15, -0.1) is 11.6 Å². The van der Waals surface area contributed by atoms with E-state index in [0.29, 0.717) is 12.8 Å². The number of primary amides is 2. The Balaban J connectivity index is 2.52. The maximum atomic E-state index is 11.2. The van der Waals surface area contributed by atoms with Crippen LogP contribution in [0.4, 0.5) is 0 Å². The molecule has 0 bridgehead atoms. The first kappa shape index (κ1) is 14.5. The minimum atomic E-state index is -0.535. The zero-order chi connectivity index (χ0) is 13.5. The van der Waals surface area contributed by atoms with Crippen molar-refractivity contribution in [2.24, 2.45) is 17.4 Å². The molecule has 1 rings (SSSR count). The van der Waals surface area contributed by atoms with E-state index in [-0.39, 0.29) is 11.8 Å². The van der Waals surface area contributed by atoms with Crippen molar-refractivity contribution in [2.45, 2.75) is 24.6 Å². The van der Waals surface area contributed by atoms with Gasteiger partial charge in [-0.25, -0.2) is 0 Å². The summed E-state index contributed by atoms with van der Waals surface area (Å²) in [6.45, 7) is 0. The van der Waals surface area contributed by atoms with Crippen LogP contribution in [0.1, 0.15) is 30.2 Å². The van der Waals surface area contributed by atoms with E-state index in [1.165, 1.54) is 0 Å². The van der Waals surface area contributed by atoms with Crippen molar-refractivity contribution in [3.8, 4) is 0 Å². The van der Waals surface area contributed by atoms with Crippen molar-refractivity contribution < 1.29 is 9.59 Å². The normalized spacial score (nSPS) is 13.8. The maximum Gasteiger partial charge on any atom is 0.221 e. The number of hydrogen-bond acceptors (Lipinski definition) is 2. The number of amides is 2. The number of carbonyl (C=O) groups is 2. The Kier molecular flexibility index (Phi) is 5.65. The molecule has 0 radical (unpaired) electrons. The molecule has 0 aliphatic heterocycles. The number of carbonyl (C=O) groups excluding carboxylic acids is 2. The molecule has 0 aromatic heterocycles. The van der Waals surface area contributed by atoms with Crippen LogP contribution in [0.15, 0.2) is 30.3 Å². The Labute approximate surface area is 111 Å². The highest BCUT2D eigenvalue weighted by Gasteiger charge is 2.19. The van der Waals surface area contributed by atoms with E-state index in [4.69, 9.17) is 23.1 Å². The lowest BCUT2D eigenvalue weighted by Gasteiger charge is -2.14. The molecule has 2 amide bonds. The van der Waals surface area contributed by atoms with E-state index >= 15 is 0 Å². The van der Waals surface area contributed by atoms with Crippen LogP contribution in [0.25, 0.3) is 0 Å². The van der Waals surface area contributed by atoms with Gasteiger partial charge in [-0.05, 0) is 18.4 Å². The lowest BCUT2D eigenvalue weighted by molar-refractivity contribution is -0.127. The average molecular weight is 269 g/mol. The fourth-order valence-electron chi connectivity index (χ4n) is 1.76. The van der Waals surface area contributed by atoms with Gasteiger partial charge in [0.1, 0.15) is 0 Å². The van der Waals surface area contributed by atoms with Gasteiger partial charge in [-0.1, -0.05) is 30.3 Å². The lowest BCUT2D eigenvalue weighted by Crippen LogP contribution is -2.28. The second-order valence-corrected chi connectivity index (χ2v) is 4.75. The standard InChI is InChI=1S/C13H17ClN2O2/c14-11(9-4-2-1-3-5-9)7-6-10(13(16)18)8-12(15)17/h1-5,10-11H,6-8H2,(H2,15,17)(H2,16,18). The zero-order valence-electron chi connectivity index (χ0n) is 10.0. The molecular formula is C13H17ClN2O2. The van der Waals surface area contributed by atoms with Crippen LogP contribution >= 0.6 is 11.6 Å². The first-order chi connectivity index (χ1) is 8.50. The Morgan fingerprint density at radius 1 is 1.11 bits per heavy atom. The molecule has 4 N–H and O–H groups in total. The summed E-state index contributed by atoms with van der Waals surface area (Å²) in [6, 6.07) is 9.56. The van der Waals surface area contributed by atoms with E-state index < -0.39 is 17.7 Å². The highest BCUT2D eigenvalue weighted by atomic mass is 35.5. The molecule has 0 heterocycles. The summed E-state index contributed by atoms with van der Waals surface area (Å²) in [4.78, 5) is 22.0. The second-order valence-electron chi connectivity index (χ2n) is 4.23. The van der Waals surface area contributed by atoms with Crippen molar-refractivity contribution in [3.05, 3.63) is 35.9 Å². The van der Waals surface area contributed by atoms with Gasteiger partial charge in [0.15, 0.2) is 0 Å². The highest BCUT2D eigenvalue weighted by Crippen LogP contribution is 2.27. The van der Waals surface area contributed by atoms with Crippen molar-refractivity contribution in [1.29, 1.82) is 0 Å². The Morgan fingerprint density at radius 3 is 2.22 bits per heavy atom. The quantitative estimate of drug-likeness (QED) is 0.738. The largest absolute Gasteiger partial charge is 0.370 e. The van der Waals surface area contributed by atoms with Gasteiger partial charge in [0.05, 0.1) is 5.38 Å². The van der Waals surface area contributed by atoms with Crippen molar-refractivity contribution in [1.82, 2.24) is 0 Å². The first-order valence-electron chi connectivity index (χ1n) is 5.77. The van der Waals surface area contributed by atoms with Crippen molar-refractivity contribution in [3.63, 3.8) is 0 Å². The number of halogens is 1. The van der Waals surface area contributed by atoms with Gasteiger partial charge in [0.25, 0.3) is 0 Å². The molecule has 4 nitrogen and oxygen atoms in total. The smallest absolute Gasteiger partial charge is 0.221 e. The Morgan fingerprint density at radius 2 is 1.72 bits per heavy atom. The minimum absolute atomic E-state index is 0.0201. The van der Waals surface area contributed by atoms with Gasteiger partial charge in [-0.3, -0.25) is 9.59 Å². The lowest BCUT2D eigenvalue weighted by atomic mass is 9.95. The van der Waals surface area contributed by atoms with Crippen LogP contribution in [0.2, 0.25) is 0 Å². The molecule has 2 atom stereocenters. The van der Waals surface area contributed by atoms with E-state index in [0.717, 1.165) is 5.56 Å². The fraction of sp³-hybridized carbons (Fsp3) is 0.385. The monoisotopic (exact) mass is 268 g/mol. The van der Waals surface area contributed by atoms with Gasteiger partial charge < -0.3 is 11.5 Å². The van der Waals surface area contributed by atoms with Crippen molar-refractivity contribution >= 4 is 23.4 Å². The molecule has 0 aliphatic carbocycles. The summed E-state index contributed by atoms with van der Waals surface area (Å²) in [5, 5.41) is -0.194. The molecule has 98 valence electrons. The van der Waals surface area contributed by atoms with Crippen LogP contribution in [0, 0.1) is 5.92 Å². The minimum Gasteiger partial charge on any atom is -0.370 e. The third-order valence-corrected chi connectivity index (χ3v) is 3.25. The van der Waals surface area contributed by atoms with E-state index in [2.05, 4.69) is 0 Å². The molecule has 18 heavy (non-hydrogen) atoms. The highest BCUT2D eigenvalue weighted by molar-refractivity contribution is 6.20. The molecule has 0 aliphatic rings. The van der Waals surface area contributed by atoms with Gasteiger partial charge >= 0.3 is 0 Å². The number of rotatable bonds is 7. The molecule has 1 aromatic carbocycles. The number of hydrogen-bond donors (Lipinski definition) is 2. The summed E-state index contributed by atoms with van der Waals surface area (Å²) in [7, 11) is 0. The number of alkyl halides is 1. The molecule has 0 saturated carbocycles. The predicted molar refractivity (Wildman–Crippen MR) is 70.8 cm³/mol. The molecule has 1 aromatic rings. The number of benzene rings is 1. The average Bonchev–Trinajstić information content (AvgIpc) is 2.34. The molecule has 0 spiro atoms. The van der Waals surface area contributed by atoms with Gasteiger partial charge in [-0.2, -0.15) is 0 Å². The molecule has 0 saturated heterocycles. The number of nitrogens with two attached hydrogens (primary N) is 2. The molecule has 5 heteroatoms. The Bertz CT molecular complexity index is 409. The van der Waals surface area contributed by atoms with Gasteiger partial charge in [0.2, 0.25) is 11.8 Å². The topological polar surface area (TPSA) is 86.2 Å². The summed E-state index contributed by atoms with van der Waals surface area (Å²) in [5.74, 6) is -1.57. The SMILES string of the molecule is NC(=O)CC(CCC(Cl)c1ccccc1)C(N)=O. The first-order valence-corrected chi connectivity index (χ1v) is 6.21. The van der Waals surface area contributed by atoms with Crippen LogP contribution in [-0.2, 0) is 9.59 Å². The summed E-state index contributed by atoms with van der Waals surface area (Å²) in [6.07, 6.45) is 1.02. The van der Waals surface area contributed by atoms with Crippen molar-refractivity contribution in [2.75, 3.05) is 0 Å². The summed E-state index contributed by atoms with van der Waals surface area (Å²) in [5.41, 5.74) is 11.3. The Hall–Kier alpha value is -1.55. The zero-order valence-corrected chi connectivity index (χ0v) is 10.8. The van der Waals surface area contributed by atoms with E-state index in [9.17, 15) is 9.59 Å². The third kappa shape index (κ3) is 4.75. The second kappa shape index (κ2) is 7.01. The molecule has 0 fully saturated rings. The molecular weight excluding hydrogens is 252 g/mol. The summed E-state index contributed by atoms with van der Waals surface area (Å²) >= 11 is 6.22. The van der Waals surface area contributed by atoms with E-state index in [1.54, 1.807) is 0 Å². The summed E-state index contributed by atoms with van der Waals surface area (Å²) < 4.78 is 0. The predicted octanol–water partition coefficient (Wildman–Crippen LogP) is 1.72. The fourth-order valence-corrected chi connectivity index (χ4v) is 2.04. The van der Waals surface area contributed by atoms with Crippen LogP contribution in [0.5, 0.6) is 0 Å². The maximum absolute atomic E-state index is 11.2. The molecule has 2 unspecified atom stereocenters.